The van der Waals surface area contributed by atoms with E-state index in [2.05, 4.69) is 5.32 Å². The molecule has 2 rings (SSSR count). The highest BCUT2D eigenvalue weighted by atomic mass is 16.5. The van der Waals surface area contributed by atoms with Crippen LogP contribution in [0.4, 0.5) is 0 Å². The SMILES string of the molecule is CCOC(=O)C1CCCN(CC(=O)NC(C)c2ccccc2OC)C1. The second-order valence-electron chi connectivity index (χ2n) is 6.36. The van der Waals surface area contributed by atoms with Gasteiger partial charge in [0.15, 0.2) is 0 Å². The number of rotatable bonds is 7. The lowest BCUT2D eigenvalue weighted by molar-refractivity contribution is -0.150. The molecule has 1 aromatic rings. The van der Waals surface area contributed by atoms with Crippen LogP contribution in [0.2, 0.25) is 0 Å². The summed E-state index contributed by atoms with van der Waals surface area (Å²) in [5.74, 6) is 0.418. The Labute approximate surface area is 149 Å². The van der Waals surface area contributed by atoms with Crippen LogP contribution in [0.25, 0.3) is 0 Å². The predicted octanol–water partition coefficient (Wildman–Crippen LogP) is 2.15. The molecule has 1 N–H and O–H groups in total. The van der Waals surface area contributed by atoms with Gasteiger partial charge in [0, 0.05) is 12.1 Å². The Balaban J connectivity index is 1.88. The van der Waals surface area contributed by atoms with Crippen molar-refractivity contribution < 1.29 is 19.1 Å². The maximum absolute atomic E-state index is 12.4. The predicted molar refractivity (Wildman–Crippen MR) is 95.3 cm³/mol. The van der Waals surface area contributed by atoms with Crippen molar-refractivity contribution in [3.05, 3.63) is 29.8 Å². The number of amides is 1. The molecule has 2 unspecified atom stereocenters. The quantitative estimate of drug-likeness (QED) is 0.765. The lowest BCUT2D eigenvalue weighted by Crippen LogP contribution is -2.45. The van der Waals surface area contributed by atoms with Gasteiger partial charge in [-0.25, -0.2) is 0 Å². The molecule has 0 aliphatic carbocycles. The number of carbonyl (C=O) groups is 2. The van der Waals surface area contributed by atoms with Crippen molar-refractivity contribution >= 4 is 11.9 Å². The number of benzene rings is 1. The van der Waals surface area contributed by atoms with Crippen LogP contribution in [0.15, 0.2) is 24.3 Å². The zero-order valence-corrected chi connectivity index (χ0v) is 15.3. The summed E-state index contributed by atoms with van der Waals surface area (Å²) in [6.07, 6.45) is 1.73. The molecule has 0 radical (unpaired) electrons. The number of piperidine rings is 1. The summed E-state index contributed by atoms with van der Waals surface area (Å²) in [6, 6.07) is 7.51. The van der Waals surface area contributed by atoms with Crippen LogP contribution in [0.1, 0.15) is 38.3 Å². The van der Waals surface area contributed by atoms with Gasteiger partial charge in [-0.15, -0.1) is 0 Å². The summed E-state index contributed by atoms with van der Waals surface area (Å²) in [5, 5.41) is 3.01. The van der Waals surface area contributed by atoms with E-state index in [0.717, 1.165) is 30.7 Å². The van der Waals surface area contributed by atoms with Gasteiger partial charge in [0.05, 0.1) is 32.2 Å². The van der Waals surface area contributed by atoms with E-state index < -0.39 is 0 Å². The number of methoxy groups -OCH3 is 1. The number of likely N-dealkylation sites (tertiary alicyclic amines) is 1. The third-order valence-electron chi connectivity index (χ3n) is 4.48. The number of esters is 1. The second-order valence-corrected chi connectivity index (χ2v) is 6.36. The molecule has 1 aliphatic rings. The van der Waals surface area contributed by atoms with Crippen molar-refractivity contribution in [3.63, 3.8) is 0 Å². The molecule has 1 amide bonds. The van der Waals surface area contributed by atoms with Crippen molar-refractivity contribution in [2.24, 2.45) is 5.92 Å². The molecule has 0 spiro atoms. The van der Waals surface area contributed by atoms with E-state index in [1.54, 1.807) is 7.11 Å². The van der Waals surface area contributed by atoms with Crippen LogP contribution in [0.3, 0.4) is 0 Å². The average Bonchev–Trinajstić information content (AvgIpc) is 2.62. The van der Waals surface area contributed by atoms with Gasteiger partial charge in [0.1, 0.15) is 5.75 Å². The molecule has 1 heterocycles. The van der Waals surface area contributed by atoms with E-state index in [-0.39, 0.29) is 30.4 Å². The summed E-state index contributed by atoms with van der Waals surface area (Å²) in [7, 11) is 1.62. The van der Waals surface area contributed by atoms with Gasteiger partial charge in [-0.1, -0.05) is 18.2 Å². The Bertz CT molecular complexity index is 591. The first-order valence-electron chi connectivity index (χ1n) is 8.86. The fourth-order valence-electron chi connectivity index (χ4n) is 3.24. The van der Waals surface area contributed by atoms with Gasteiger partial charge in [-0.2, -0.15) is 0 Å². The first kappa shape index (κ1) is 19.2. The van der Waals surface area contributed by atoms with Gasteiger partial charge < -0.3 is 14.8 Å². The minimum atomic E-state index is -0.157. The molecule has 25 heavy (non-hydrogen) atoms. The molecule has 138 valence electrons. The average molecular weight is 348 g/mol. The van der Waals surface area contributed by atoms with Crippen molar-refractivity contribution in [2.45, 2.75) is 32.7 Å². The van der Waals surface area contributed by atoms with E-state index in [0.29, 0.717) is 13.2 Å². The first-order valence-corrected chi connectivity index (χ1v) is 8.86. The van der Waals surface area contributed by atoms with Gasteiger partial charge >= 0.3 is 5.97 Å². The highest BCUT2D eigenvalue weighted by Crippen LogP contribution is 2.24. The molecule has 1 aromatic carbocycles. The molecule has 1 aliphatic heterocycles. The van der Waals surface area contributed by atoms with E-state index >= 15 is 0 Å². The van der Waals surface area contributed by atoms with E-state index in [1.807, 2.05) is 43.0 Å². The van der Waals surface area contributed by atoms with Gasteiger partial charge in [-0.05, 0) is 39.3 Å². The molecule has 6 nitrogen and oxygen atoms in total. The standard InChI is InChI=1S/C19H28N2O4/c1-4-25-19(23)15-8-7-11-21(12-15)13-18(22)20-14(2)16-9-5-6-10-17(16)24-3/h5-6,9-10,14-15H,4,7-8,11-13H2,1-3H3,(H,20,22). The smallest absolute Gasteiger partial charge is 0.310 e. The Kier molecular flexibility index (Phi) is 7.25. The summed E-state index contributed by atoms with van der Waals surface area (Å²) in [6.45, 7) is 5.84. The molecule has 6 heteroatoms. The molecular weight excluding hydrogens is 320 g/mol. The van der Waals surface area contributed by atoms with E-state index in [1.165, 1.54) is 0 Å². The number of nitrogens with zero attached hydrogens (tertiary/aromatic N) is 1. The number of nitrogens with one attached hydrogen (secondary N) is 1. The molecule has 1 saturated heterocycles. The normalized spacial score (nSPS) is 19.1. The number of carbonyl (C=O) groups excluding carboxylic acids is 2. The minimum Gasteiger partial charge on any atom is -0.496 e. The van der Waals surface area contributed by atoms with Crippen molar-refractivity contribution in [2.75, 3.05) is 33.4 Å². The number of ether oxygens (including phenoxy) is 2. The summed E-state index contributed by atoms with van der Waals surface area (Å²) in [4.78, 5) is 26.3. The van der Waals surface area contributed by atoms with Crippen LogP contribution >= 0.6 is 0 Å². The van der Waals surface area contributed by atoms with E-state index in [9.17, 15) is 9.59 Å². The number of hydrogen-bond donors (Lipinski definition) is 1. The molecular formula is C19H28N2O4. The molecule has 1 fully saturated rings. The monoisotopic (exact) mass is 348 g/mol. The largest absolute Gasteiger partial charge is 0.496 e. The second kappa shape index (κ2) is 9.42. The highest BCUT2D eigenvalue weighted by Gasteiger charge is 2.28. The topological polar surface area (TPSA) is 67.9 Å². The minimum absolute atomic E-state index is 0.0529. The Morgan fingerprint density at radius 1 is 1.36 bits per heavy atom. The third kappa shape index (κ3) is 5.46. The van der Waals surface area contributed by atoms with Crippen molar-refractivity contribution in [3.8, 4) is 5.75 Å². The van der Waals surface area contributed by atoms with Crippen LogP contribution in [0, 0.1) is 5.92 Å². The van der Waals surface area contributed by atoms with Crippen molar-refractivity contribution in [1.82, 2.24) is 10.2 Å². The summed E-state index contributed by atoms with van der Waals surface area (Å²) in [5.41, 5.74) is 0.946. The first-order chi connectivity index (χ1) is 12.0. The van der Waals surface area contributed by atoms with Gasteiger partial charge in [-0.3, -0.25) is 14.5 Å². The van der Waals surface area contributed by atoms with E-state index in [4.69, 9.17) is 9.47 Å². The summed E-state index contributed by atoms with van der Waals surface area (Å²) < 4.78 is 10.5. The number of hydrogen-bond acceptors (Lipinski definition) is 5. The summed E-state index contributed by atoms with van der Waals surface area (Å²) >= 11 is 0. The maximum atomic E-state index is 12.4. The zero-order valence-electron chi connectivity index (χ0n) is 15.3. The van der Waals surface area contributed by atoms with Crippen LogP contribution in [-0.4, -0.2) is 50.1 Å². The molecule has 2 atom stereocenters. The lowest BCUT2D eigenvalue weighted by atomic mass is 9.98. The fourth-order valence-corrected chi connectivity index (χ4v) is 3.24. The molecule has 0 aromatic heterocycles. The molecule has 0 saturated carbocycles. The lowest BCUT2D eigenvalue weighted by Gasteiger charge is -2.31. The highest BCUT2D eigenvalue weighted by molar-refractivity contribution is 5.79. The Hall–Kier alpha value is -2.08. The Morgan fingerprint density at radius 2 is 2.12 bits per heavy atom. The van der Waals surface area contributed by atoms with Crippen LogP contribution in [0.5, 0.6) is 5.75 Å². The van der Waals surface area contributed by atoms with Crippen LogP contribution < -0.4 is 10.1 Å². The van der Waals surface area contributed by atoms with Crippen molar-refractivity contribution in [1.29, 1.82) is 0 Å². The maximum Gasteiger partial charge on any atom is 0.310 e. The van der Waals surface area contributed by atoms with Gasteiger partial charge in [0.25, 0.3) is 0 Å². The number of para-hydroxylation sites is 1. The zero-order chi connectivity index (χ0) is 18.2. The molecule has 0 bridgehead atoms. The fraction of sp³-hybridized carbons (Fsp3) is 0.579. The third-order valence-corrected chi connectivity index (χ3v) is 4.48. The Morgan fingerprint density at radius 3 is 2.84 bits per heavy atom. The van der Waals surface area contributed by atoms with Crippen LogP contribution in [-0.2, 0) is 14.3 Å². The van der Waals surface area contributed by atoms with Gasteiger partial charge in [0.2, 0.25) is 5.91 Å².